The summed E-state index contributed by atoms with van der Waals surface area (Å²) in [5, 5.41) is 3.38. The molecule has 1 N–H and O–H groups in total. The summed E-state index contributed by atoms with van der Waals surface area (Å²) in [4.78, 5) is 25.7. The van der Waals surface area contributed by atoms with Gasteiger partial charge in [0.2, 0.25) is 0 Å². The molecule has 7 nitrogen and oxygen atoms in total. The highest BCUT2D eigenvalue weighted by Gasteiger charge is 2.43. The summed E-state index contributed by atoms with van der Waals surface area (Å²) >= 11 is 0. The Labute approximate surface area is 137 Å². The van der Waals surface area contributed by atoms with Gasteiger partial charge in [-0.15, -0.1) is 0 Å². The van der Waals surface area contributed by atoms with Crippen LogP contribution >= 0.6 is 0 Å². The molecule has 1 spiro atoms. The molecular weight excluding hydrogens is 300 g/mol. The number of nitrogens with one attached hydrogen (secondary N) is 1. The van der Waals surface area contributed by atoms with Crippen molar-refractivity contribution in [2.24, 2.45) is 0 Å². The lowest BCUT2D eigenvalue weighted by Gasteiger charge is -2.46. The zero-order valence-corrected chi connectivity index (χ0v) is 14.5. The Bertz CT molecular complexity index is 438. The number of rotatable bonds is 2. The number of morpholine rings is 1. The highest BCUT2D eigenvalue weighted by molar-refractivity contribution is 5.76. The number of piperidine rings is 1. The maximum absolute atomic E-state index is 12.1. The number of amides is 1. The van der Waals surface area contributed by atoms with E-state index in [0.29, 0.717) is 32.9 Å². The maximum atomic E-state index is 12.1. The van der Waals surface area contributed by atoms with Gasteiger partial charge in [0.1, 0.15) is 11.6 Å². The van der Waals surface area contributed by atoms with Crippen molar-refractivity contribution < 1.29 is 23.8 Å². The highest BCUT2D eigenvalue weighted by atomic mass is 16.6. The van der Waals surface area contributed by atoms with Crippen molar-refractivity contribution in [1.82, 2.24) is 10.2 Å². The zero-order valence-electron chi connectivity index (χ0n) is 14.5. The van der Waals surface area contributed by atoms with Crippen LogP contribution in [0, 0.1) is 0 Å². The predicted octanol–water partition coefficient (Wildman–Crippen LogP) is 1.31. The van der Waals surface area contributed by atoms with Gasteiger partial charge in [-0.1, -0.05) is 0 Å². The summed E-state index contributed by atoms with van der Waals surface area (Å²) in [5.41, 5.74) is -0.762. The number of ether oxygens (including phenoxy) is 3. The number of hydrogen-bond acceptors (Lipinski definition) is 6. The number of likely N-dealkylation sites (tertiary alicyclic amines) is 1. The van der Waals surface area contributed by atoms with Gasteiger partial charge >= 0.3 is 12.1 Å². The standard InChI is InChI=1S/C16H28N2O5/c1-5-22-13(19)12-10-21-11-16(17-12)6-8-18(9-7-16)14(20)23-15(2,3)4/h12,17H,5-11H2,1-4H3. The summed E-state index contributed by atoms with van der Waals surface area (Å²) in [6, 6.07) is -0.434. The van der Waals surface area contributed by atoms with E-state index in [1.54, 1.807) is 11.8 Å². The van der Waals surface area contributed by atoms with Crippen molar-refractivity contribution in [3.05, 3.63) is 0 Å². The molecule has 0 aromatic heterocycles. The van der Waals surface area contributed by atoms with Gasteiger partial charge < -0.3 is 19.1 Å². The van der Waals surface area contributed by atoms with Crippen molar-refractivity contribution in [1.29, 1.82) is 0 Å². The van der Waals surface area contributed by atoms with E-state index in [1.165, 1.54) is 0 Å². The lowest BCUT2D eigenvalue weighted by molar-refractivity contribution is -0.152. The summed E-state index contributed by atoms with van der Waals surface area (Å²) in [7, 11) is 0. The quantitative estimate of drug-likeness (QED) is 0.770. The van der Waals surface area contributed by atoms with Crippen molar-refractivity contribution in [2.45, 2.75) is 57.7 Å². The van der Waals surface area contributed by atoms with Gasteiger partial charge in [0.15, 0.2) is 0 Å². The second-order valence-corrected chi connectivity index (χ2v) is 7.21. The van der Waals surface area contributed by atoms with E-state index in [2.05, 4.69) is 5.32 Å². The van der Waals surface area contributed by atoms with Crippen molar-refractivity contribution in [2.75, 3.05) is 32.9 Å². The first-order chi connectivity index (χ1) is 10.7. The minimum atomic E-state index is -0.493. The number of nitrogens with zero attached hydrogens (tertiary/aromatic N) is 1. The van der Waals surface area contributed by atoms with E-state index in [1.807, 2.05) is 20.8 Å². The van der Waals surface area contributed by atoms with Crippen LogP contribution in [0.2, 0.25) is 0 Å². The fraction of sp³-hybridized carbons (Fsp3) is 0.875. The Balaban J connectivity index is 1.89. The average Bonchev–Trinajstić information content (AvgIpc) is 2.46. The molecule has 23 heavy (non-hydrogen) atoms. The molecule has 0 bridgehead atoms. The second kappa shape index (κ2) is 7.05. The Kier molecular flexibility index (Phi) is 5.52. The van der Waals surface area contributed by atoms with Crippen molar-refractivity contribution >= 4 is 12.1 Å². The molecule has 132 valence electrons. The molecule has 1 unspecified atom stereocenters. The molecule has 1 atom stereocenters. The maximum Gasteiger partial charge on any atom is 0.410 e. The van der Waals surface area contributed by atoms with E-state index in [-0.39, 0.29) is 17.6 Å². The van der Waals surface area contributed by atoms with E-state index >= 15 is 0 Å². The molecule has 2 heterocycles. The smallest absolute Gasteiger partial charge is 0.410 e. The van der Waals surface area contributed by atoms with Gasteiger partial charge in [-0.2, -0.15) is 0 Å². The largest absolute Gasteiger partial charge is 0.465 e. The summed E-state index contributed by atoms with van der Waals surface area (Å²) in [5.74, 6) is -0.277. The van der Waals surface area contributed by atoms with Gasteiger partial charge in [0, 0.05) is 18.6 Å². The summed E-state index contributed by atoms with van der Waals surface area (Å²) in [6.45, 7) is 9.76. The number of carbonyl (C=O) groups excluding carboxylic acids is 2. The van der Waals surface area contributed by atoms with Crippen LogP contribution in [-0.4, -0.2) is 67.1 Å². The normalized spacial score (nSPS) is 24.3. The molecule has 2 fully saturated rings. The first-order valence-corrected chi connectivity index (χ1v) is 8.25. The fourth-order valence-corrected chi connectivity index (χ4v) is 2.93. The van der Waals surface area contributed by atoms with Gasteiger partial charge in [0.05, 0.1) is 19.8 Å². The van der Waals surface area contributed by atoms with Crippen LogP contribution in [0.5, 0.6) is 0 Å². The molecule has 1 amide bonds. The number of carbonyl (C=O) groups is 2. The van der Waals surface area contributed by atoms with Crippen LogP contribution < -0.4 is 5.32 Å². The summed E-state index contributed by atoms with van der Waals surface area (Å²) in [6.07, 6.45) is 1.16. The Hall–Kier alpha value is -1.34. The van der Waals surface area contributed by atoms with Gasteiger partial charge in [-0.05, 0) is 40.5 Å². The predicted molar refractivity (Wildman–Crippen MR) is 84.1 cm³/mol. The van der Waals surface area contributed by atoms with Crippen LogP contribution in [0.15, 0.2) is 0 Å². The fourth-order valence-electron chi connectivity index (χ4n) is 2.93. The first-order valence-electron chi connectivity index (χ1n) is 8.25. The van der Waals surface area contributed by atoms with E-state index < -0.39 is 11.6 Å². The number of esters is 1. The SMILES string of the molecule is CCOC(=O)C1COCC2(CCN(C(=O)OC(C)(C)C)CC2)N1. The average molecular weight is 328 g/mol. The van der Waals surface area contributed by atoms with Crippen molar-refractivity contribution in [3.63, 3.8) is 0 Å². The first kappa shape index (κ1) is 18.0. The van der Waals surface area contributed by atoms with Gasteiger partial charge in [-0.25, -0.2) is 4.79 Å². The van der Waals surface area contributed by atoms with E-state index in [9.17, 15) is 9.59 Å². The third-order valence-corrected chi connectivity index (χ3v) is 4.09. The van der Waals surface area contributed by atoms with Gasteiger partial charge in [-0.3, -0.25) is 10.1 Å². The highest BCUT2D eigenvalue weighted by Crippen LogP contribution is 2.27. The lowest BCUT2D eigenvalue weighted by atomic mass is 9.86. The third kappa shape index (κ3) is 4.81. The van der Waals surface area contributed by atoms with Crippen molar-refractivity contribution in [3.8, 4) is 0 Å². The minimum Gasteiger partial charge on any atom is -0.465 e. The molecule has 2 aliphatic rings. The molecule has 0 radical (unpaired) electrons. The third-order valence-electron chi connectivity index (χ3n) is 4.09. The monoisotopic (exact) mass is 328 g/mol. The molecule has 0 aromatic carbocycles. The Morgan fingerprint density at radius 2 is 1.96 bits per heavy atom. The molecule has 0 aromatic rings. The molecule has 0 aliphatic carbocycles. The molecule has 0 saturated carbocycles. The zero-order chi connectivity index (χ0) is 17.1. The molecule has 2 aliphatic heterocycles. The summed E-state index contributed by atoms with van der Waals surface area (Å²) < 4.78 is 16.1. The topological polar surface area (TPSA) is 77.1 Å². The van der Waals surface area contributed by atoms with Crippen LogP contribution in [0.1, 0.15) is 40.5 Å². The molecule has 7 heteroatoms. The van der Waals surface area contributed by atoms with Crippen LogP contribution in [0.3, 0.4) is 0 Å². The van der Waals surface area contributed by atoms with Crippen LogP contribution in [0.4, 0.5) is 4.79 Å². The lowest BCUT2D eigenvalue weighted by Crippen LogP contribution is -2.65. The number of hydrogen-bond donors (Lipinski definition) is 1. The Morgan fingerprint density at radius 1 is 1.30 bits per heavy atom. The Morgan fingerprint density at radius 3 is 2.52 bits per heavy atom. The van der Waals surface area contributed by atoms with Crippen LogP contribution in [0.25, 0.3) is 0 Å². The molecule has 2 rings (SSSR count). The molecule has 2 saturated heterocycles. The van der Waals surface area contributed by atoms with Gasteiger partial charge in [0.25, 0.3) is 0 Å². The minimum absolute atomic E-state index is 0.270. The van der Waals surface area contributed by atoms with E-state index in [0.717, 1.165) is 12.8 Å². The molecular formula is C16H28N2O5. The second-order valence-electron chi connectivity index (χ2n) is 7.21. The van der Waals surface area contributed by atoms with Crippen LogP contribution in [-0.2, 0) is 19.0 Å². The van der Waals surface area contributed by atoms with E-state index in [4.69, 9.17) is 14.2 Å².